The van der Waals surface area contributed by atoms with E-state index in [1.54, 1.807) is 17.6 Å². The Hall–Kier alpha value is -2.95. The highest BCUT2D eigenvalue weighted by Gasteiger charge is 2.29. The number of anilines is 1. The second-order valence-corrected chi connectivity index (χ2v) is 6.28. The summed E-state index contributed by atoms with van der Waals surface area (Å²) >= 11 is 5.94. The van der Waals surface area contributed by atoms with E-state index >= 15 is 0 Å². The third-order valence-corrected chi connectivity index (χ3v) is 3.90. The number of nitrogens with zero attached hydrogens (tertiary/aromatic N) is 3. The number of carbonyl (C=O) groups is 1. The second kappa shape index (κ2) is 7.58. The van der Waals surface area contributed by atoms with Crippen molar-refractivity contribution in [2.45, 2.75) is 19.1 Å². The minimum atomic E-state index is -4.55. The van der Waals surface area contributed by atoms with E-state index in [2.05, 4.69) is 25.3 Å². The Labute approximate surface area is 165 Å². The number of alkyl halides is 3. The van der Waals surface area contributed by atoms with Crippen LogP contribution in [0, 0.1) is 5.82 Å². The SMILES string of the molecule is C[C@@H](Nc1nc(-c2c[nH]c3ncc(Cl)cc23)ncc1F)C(=O)NCC(F)(F)F.[HH].[HH].[HH]. The first-order valence-corrected chi connectivity index (χ1v) is 8.28. The lowest BCUT2D eigenvalue weighted by atomic mass is 10.2. The van der Waals surface area contributed by atoms with Crippen molar-refractivity contribution >= 4 is 34.4 Å². The minimum Gasteiger partial charge on any atom is -0.356 e. The van der Waals surface area contributed by atoms with Gasteiger partial charge in [-0.1, -0.05) is 11.6 Å². The molecule has 3 aromatic heterocycles. The summed E-state index contributed by atoms with van der Waals surface area (Å²) in [5.74, 6) is -2.04. The van der Waals surface area contributed by atoms with Gasteiger partial charge in [0.05, 0.1) is 11.2 Å². The molecule has 3 rings (SSSR count). The summed E-state index contributed by atoms with van der Waals surface area (Å²) in [4.78, 5) is 26.7. The Morgan fingerprint density at radius 1 is 1.36 bits per heavy atom. The Balaban J connectivity index is 0.00000300. The number of halogens is 5. The molecule has 1 atom stereocenters. The van der Waals surface area contributed by atoms with Gasteiger partial charge in [0.2, 0.25) is 5.91 Å². The van der Waals surface area contributed by atoms with Crippen LogP contribution in [0.3, 0.4) is 0 Å². The molecule has 0 aromatic carbocycles. The van der Waals surface area contributed by atoms with Crippen LogP contribution < -0.4 is 10.6 Å². The molecule has 3 aromatic rings. The number of nitrogens with one attached hydrogen (secondary N) is 3. The van der Waals surface area contributed by atoms with Crippen LogP contribution in [0.5, 0.6) is 0 Å². The van der Waals surface area contributed by atoms with Crippen LogP contribution in [-0.4, -0.2) is 44.6 Å². The summed E-state index contributed by atoms with van der Waals surface area (Å²) in [5, 5.41) is 5.14. The normalized spacial score (nSPS) is 12.8. The fraction of sp³-hybridized carbons (Fsp3) is 0.250. The van der Waals surface area contributed by atoms with Crippen molar-refractivity contribution < 1.29 is 26.6 Å². The van der Waals surface area contributed by atoms with E-state index < -0.39 is 30.5 Å². The highest BCUT2D eigenvalue weighted by atomic mass is 35.5. The van der Waals surface area contributed by atoms with Crippen LogP contribution in [-0.2, 0) is 4.79 Å². The maximum atomic E-state index is 14.0. The van der Waals surface area contributed by atoms with Crippen LogP contribution in [0.15, 0.2) is 24.7 Å². The first kappa shape index (κ1) is 19.8. The predicted octanol–water partition coefficient (Wildman–Crippen LogP) is 4.03. The monoisotopic (exact) mass is 422 g/mol. The Morgan fingerprint density at radius 2 is 2.11 bits per heavy atom. The van der Waals surface area contributed by atoms with Crippen molar-refractivity contribution in [3.05, 3.63) is 35.5 Å². The molecule has 0 aliphatic rings. The smallest absolute Gasteiger partial charge is 0.356 e. The lowest BCUT2D eigenvalue weighted by Crippen LogP contribution is -2.42. The summed E-state index contributed by atoms with van der Waals surface area (Å²) < 4.78 is 50.7. The van der Waals surface area contributed by atoms with Crippen LogP contribution in [0.25, 0.3) is 22.4 Å². The van der Waals surface area contributed by atoms with Crippen molar-refractivity contribution in [2.75, 3.05) is 11.9 Å². The average molecular weight is 423 g/mol. The largest absolute Gasteiger partial charge is 0.405 e. The molecule has 28 heavy (non-hydrogen) atoms. The Bertz CT molecular complexity index is 1040. The topological polar surface area (TPSA) is 95.6 Å². The van der Waals surface area contributed by atoms with Gasteiger partial charge in [0.15, 0.2) is 17.5 Å². The molecule has 0 saturated heterocycles. The zero-order valence-electron chi connectivity index (χ0n) is 14.2. The molecular weight excluding hydrogens is 404 g/mol. The molecule has 154 valence electrons. The molecule has 3 N–H and O–H groups in total. The van der Waals surface area contributed by atoms with Gasteiger partial charge in [-0.05, 0) is 13.0 Å². The number of hydrogen-bond donors (Lipinski definition) is 3. The highest BCUT2D eigenvalue weighted by molar-refractivity contribution is 6.31. The number of amides is 1. The van der Waals surface area contributed by atoms with Gasteiger partial charge in [-0.2, -0.15) is 13.2 Å². The second-order valence-electron chi connectivity index (χ2n) is 5.84. The van der Waals surface area contributed by atoms with Gasteiger partial charge < -0.3 is 15.6 Å². The minimum absolute atomic E-state index is 0. The maximum Gasteiger partial charge on any atom is 0.405 e. The van der Waals surface area contributed by atoms with E-state index in [9.17, 15) is 22.4 Å². The Morgan fingerprint density at radius 3 is 2.82 bits per heavy atom. The van der Waals surface area contributed by atoms with E-state index in [0.29, 0.717) is 21.6 Å². The molecular formula is C16H19ClF4N6O. The van der Waals surface area contributed by atoms with Crippen LogP contribution in [0.2, 0.25) is 5.02 Å². The van der Waals surface area contributed by atoms with Gasteiger partial charge in [0, 0.05) is 27.6 Å². The summed E-state index contributed by atoms with van der Waals surface area (Å²) in [6.07, 6.45) is -0.649. The van der Waals surface area contributed by atoms with Gasteiger partial charge in [0.25, 0.3) is 0 Å². The van der Waals surface area contributed by atoms with E-state index in [1.165, 1.54) is 13.1 Å². The van der Waals surface area contributed by atoms with Crippen LogP contribution in [0.4, 0.5) is 23.4 Å². The van der Waals surface area contributed by atoms with Crippen molar-refractivity contribution in [3.63, 3.8) is 0 Å². The fourth-order valence-corrected chi connectivity index (χ4v) is 2.53. The van der Waals surface area contributed by atoms with Crippen molar-refractivity contribution in [1.29, 1.82) is 0 Å². The van der Waals surface area contributed by atoms with Crippen molar-refractivity contribution in [2.24, 2.45) is 0 Å². The number of H-pyrrole nitrogens is 1. The number of hydrogen-bond acceptors (Lipinski definition) is 5. The summed E-state index contributed by atoms with van der Waals surface area (Å²) in [5.41, 5.74) is 1.00. The maximum absolute atomic E-state index is 14.0. The van der Waals surface area contributed by atoms with Crippen LogP contribution in [0.1, 0.15) is 11.2 Å². The van der Waals surface area contributed by atoms with Gasteiger partial charge in [-0.25, -0.2) is 19.3 Å². The third kappa shape index (κ3) is 4.47. The molecule has 0 spiro atoms. The van der Waals surface area contributed by atoms with Gasteiger partial charge in [0.1, 0.15) is 18.2 Å². The quantitative estimate of drug-likeness (QED) is 0.539. The predicted molar refractivity (Wildman–Crippen MR) is 101 cm³/mol. The first-order valence-electron chi connectivity index (χ1n) is 7.90. The Kier molecular flexibility index (Phi) is 5.36. The lowest BCUT2D eigenvalue weighted by molar-refractivity contribution is -0.138. The van der Waals surface area contributed by atoms with E-state index in [0.717, 1.165) is 6.20 Å². The van der Waals surface area contributed by atoms with E-state index in [4.69, 9.17) is 11.6 Å². The highest BCUT2D eigenvalue weighted by Crippen LogP contribution is 2.28. The molecule has 12 heteroatoms. The van der Waals surface area contributed by atoms with Gasteiger partial charge in [-0.15, -0.1) is 0 Å². The molecule has 3 heterocycles. The van der Waals surface area contributed by atoms with E-state index in [1.807, 2.05) is 0 Å². The number of carbonyl (C=O) groups excluding carboxylic acids is 1. The van der Waals surface area contributed by atoms with Crippen molar-refractivity contribution in [1.82, 2.24) is 25.3 Å². The average Bonchev–Trinajstić information content (AvgIpc) is 3.03. The summed E-state index contributed by atoms with van der Waals surface area (Å²) in [7, 11) is 0. The molecule has 0 aliphatic heterocycles. The molecule has 0 aliphatic carbocycles. The lowest BCUT2D eigenvalue weighted by Gasteiger charge is -2.16. The zero-order chi connectivity index (χ0) is 20.5. The first-order chi connectivity index (χ1) is 13.1. The number of rotatable bonds is 5. The van der Waals surface area contributed by atoms with E-state index in [-0.39, 0.29) is 15.9 Å². The number of fused-ring (bicyclic) bond motifs is 1. The molecule has 0 bridgehead atoms. The molecule has 0 fully saturated rings. The van der Waals surface area contributed by atoms with Gasteiger partial charge >= 0.3 is 6.18 Å². The fourth-order valence-electron chi connectivity index (χ4n) is 2.37. The third-order valence-electron chi connectivity index (χ3n) is 3.69. The number of aromatic nitrogens is 4. The standard InChI is InChI=1S/C16H13ClF4N6O.3H2/c1-7(15(28)25-6-16(19,20)21)26-14-11(18)5-24-13(27-14)10-4-23-12-9(10)2-8(17)3-22-12;;;/h2-5,7H,6H2,1H3,(H,22,23)(H,25,28)(H,24,26,27);3*1H/t7-;;;/m1.../s1. The molecule has 1 amide bonds. The molecule has 0 saturated carbocycles. The molecule has 0 radical (unpaired) electrons. The number of aromatic amines is 1. The van der Waals surface area contributed by atoms with Gasteiger partial charge in [-0.3, -0.25) is 4.79 Å². The summed E-state index contributed by atoms with van der Waals surface area (Å²) in [6.45, 7) is -0.208. The number of pyridine rings is 1. The zero-order valence-corrected chi connectivity index (χ0v) is 15.0. The summed E-state index contributed by atoms with van der Waals surface area (Å²) in [6, 6.07) is 0.460. The molecule has 7 nitrogen and oxygen atoms in total. The molecule has 0 unspecified atom stereocenters. The van der Waals surface area contributed by atoms with Crippen molar-refractivity contribution in [3.8, 4) is 11.4 Å². The van der Waals surface area contributed by atoms with Crippen LogP contribution >= 0.6 is 11.6 Å².